The molecule has 2 amide bonds. The van der Waals surface area contributed by atoms with E-state index in [1.54, 1.807) is 30.9 Å². The predicted octanol–water partition coefficient (Wildman–Crippen LogP) is 3.72. The third-order valence-electron chi connectivity index (χ3n) is 3.69. The lowest BCUT2D eigenvalue weighted by atomic mass is 10.2. The summed E-state index contributed by atoms with van der Waals surface area (Å²) in [6, 6.07) is 13.7. The summed E-state index contributed by atoms with van der Waals surface area (Å²) >= 11 is 1.77. The molecule has 0 saturated carbocycles. The lowest BCUT2D eigenvalue weighted by Crippen LogP contribution is -2.24. The van der Waals surface area contributed by atoms with E-state index in [1.807, 2.05) is 31.2 Å². The van der Waals surface area contributed by atoms with Crippen LogP contribution < -0.4 is 10.6 Å². The molecule has 2 rings (SSSR count). The van der Waals surface area contributed by atoms with Crippen LogP contribution in [0.4, 0.5) is 10.5 Å². The molecule has 0 heterocycles. The van der Waals surface area contributed by atoms with Crippen molar-refractivity contribution < 1.29 is 17.8 Å². The maximum atomic E-state index is 11.3. The topological polar surface area (TPSA) is 98.7 Å². The number of thioether (sulfide) groups is 1. The molecule has 0 atom stereocenters. The Hall–Kier alpha value is -2.07. The number of amides is 2. The highest BCUT2D eigenvalue weighted by atomic mass is 32.2. The Labute approximate surface area is 177 Å². The van der Waals surface area contributed by atoms with Crippen molar-refractivity contribution in [3.63, 3.8) is 0 Å². The van der Waals surface area contributed by atoms with Crippen molar-refractivity contribution in [1.82, 2.24) is 10.2 Å². The van der Waals surface area contributed by atoms with Crippen LogP contribution >= 0.6 is 11.8 Å². The number of aryl methyl sites for hydroxylation is 1. The van der Waals surface area contributed by atoms with Gasteiger partial charge in [0.05, 0.1) is 10.6 Å². The number of benzene rings is 2. The molecule has 0 bridgehead atoms. The Morgan fingerprint density at radius 2 is 1.72 bits per heavy atom. The highest BCUT2D eigenvalue weighted by Gasteiger charge is 2.07. The number of anilines is 1. The molecule has 160 valence electrons. The van der Waals surface area contributed by atoms with Crippen molar-refractivity contribution in [3.8, 4) is 0 Å². The first kappa shape index (κ1) is 25.0. The fourth-order valence-electron chi connectivity index (χ4n) is 2.15. The van der Waals surface area contributed by atoms with E-state index in [-0.39, 0.29) is 10.9 Å². The molecule has 0 aliphatic carbocycles. The average Bonchev–Trinajstić information content (AvgIpc) is 2.66. The fraction of sp³-hybridized carbons (Fsp3) is 0.350. The number of carbonyl (C=O) groups excluding carboxylic acids is 1. The Bertz CT molecular complexity index is 870. The van der Waals surface area contributed by atoms with Crippen LogP contribution in [-0.4, -0.2) is 57.3 Å². The second-order valence-corrected chi connectivity index (χ2v) is 9.05. The second kappa shape index (κ2) is 12.5. The number of hydrogen-bond acceptors (Lipinski definition) is 5. The molecule has 0 unspecified atom stereocenters. The molecular weight excluding hydrogens is 412 g/mol. The van der Waals surface area contributed by atoms with E-state index in [0.29, 0.717) is 0 Å². The van der Waals surface area contributed by atoms with Crippen molar-refractivity contribution in [3.05, 3.63) is 54.1 Å². The van der Waals surface area contributed by atoms with E-state index < -0.39 is 10.1 Å². The van der Waals surface area contributed by atoms with Gasteiger partial charge in [-0.25, -0.2) is 4.79 Å². The van der Waals surface area contributed by atoms with Crippen molar-refractivity contribution in [2.45, 2.75) is 23.1 Å². The monoisotopic (exact) mass is 441 g/mol. The summed E-state index contributed by atoms with van der Waals surface area (Å²) < 4.78 is 29.6. The summed E-state index contributed by atoms with van der Waals surface area (Å²) in [7, 11) is 1.74. The minimum atomic E-state index is -4.02. The smallest absolute Gasteiger partial charge is 0.319 e. The van der Waals surface area contributed by atoms with Gasteiger partial charge in [-0.3, -0.25) is 4.55 Å². The number of rotatable bonds is 7. The van der Waals surface area contributed by atoms with E-state index in [0.717, 1.165) is 34.9 Å². The summed E-state index contributed by atoms with van der Waals surface area (Å²) in [5, 5.41) is 5.39. The molecule has 9 heteroatoms. The van der Waals surface area contributed by atoms with Crippen LogP contribution in [0.1, 0.15) is 12.0 Å². The number of nitrogens with one attached hydrogen (secondary N) is 2. The number of carbonyl (C=O) groups is 1. The van der Waals surface area contributed by atoms with Crippen molar-refractivity contribution in [2.24, 2.45) is 0 Å². The van der Waals surface area contributed by atoms with Crippen LogP contribution in [0.3, 0.4) is 0 Å². The molecule has 0 radical (unpaired) electrons. The molecule has 2 aromatic carbocycles. The van der Waals surface area contributed by atoms with E-state index in [2.05, 4.69) is 29.6 Å². The molecule has 0 spiro atoms. The molecule has 2 aromatic rings. The maximum Gasteiger partial charge on any atom is 0.319 e. The molecule has 0 fully saturated rings. The maximum absolute atomic E-state index is 11.3. The third-order valence-corrected chi connectivity index (χ3v) is 5.72. The zero-order chi connectivity index (χ0) is 21.9. The SMILES string of the molecule is CN[14C](=O)Nc1ccccc1SCCCN(C)C.Cc1ccc(S(=O)(=O)O)cc1. The van der Waals surface area contributed by atoms with Gasteiger partial charge >= 0.3 is 6.03 Å². The summed E-state index contributed by atoms with van der Waals surface area (Å²) in [6.45, 7) is 2.92. The van der Waals surface area contributed by atoms with Crippen LogP contribution in [0.25, 0.3) is 0 Å². The first-order valence-corrected chi connectivity index (χ1v) is 11.5. The van der Waals surface area contributed by atoms with Crippen molar-refractivity contribution >= 4 is 33.6 Å². The summed E-state index contributed by atoms with van der Waals surface area (Å²) in [5.41, 5.74) is 1.82. The van der Waals surface area contributed by atoms with E-state index in [1.165, 1.54) is 12.1 Å². The standard InChI is InChI=1S/C13H21N3OS.C7H8O3S/c1-14-13(17)15-11-7-4-5-8-12(11)18-10-6-9-16(2)3;1-6-2-4-7(5-3-6)11(8,9)10/h4-5,7-8H,6,9-10H2,1-3H3,(H2,14,15,17);2-5H,1H3,(H,8,9,10)/i13+2;. The van der Waals surface area contributed by atoms with Gasteiger partial charge in [-0.05, 0) is 64.0 Å². The van der Waals surface area contributed by atoms with Gasteiger partial charge < -0.3 is 15.5 Å². The number of para-hydroxylation sites is 1. The first-order chi connectivity index (χ1) is 13.6. The van der Waals surface area contributed by atoms with Gasteiger partial charge in [0.1, 0.15) is 0 Å². The lowest BCUT2D eigenvalue weighted by Gasteiger charge is -2.11. The molecule has 0 aromatic heterocycles. The molecule has 7 nitrogen and oxygen atoms in total. The molecule has 0 saturated heterocycles. The number of urea groups is 1. The molecular formula is C20H29N3O4S2. The van der Waals surface area contributed by atoms with Gasteiger partial charge in [0.15, 0.2) is 0 Å². The van der Waals surface area contributed by atoms with E-state index >= 15 is 0 Å². The van der Waals surface area contributed by atoms with Gasteiger partial charge in [0, 0.05) is 11.9 Å². The van der Waals surface area contributed by atoms with E-state index in [9.17, 15) is 13.2 Å². The third kappa shape index (κ3) is 10.3. The molecule has 3 N–H and O–H groups in total. The minimum absolute atomic E-state index is 0.0666. The zero-order valence-electron chi connectivity index (χ0n) is 17.2. The summed E-state index contributed by atoms with van der Waals surface area (Å²) in [4.78, 5) is 14.5. The molecule has 0 aliphatic rings. The van der Waals surface area contributed by atoms with Crippen LogP contribution in [0.5, 0.6) is 0 Å². The largest absolute Gasteiger partial charge is 0.341 e. The van der Waals surface area contributed by atoms with Gasteiger partial charge in [0.25, 0.3) is 10.1 Å². The number of hydrogen-bond donors (Lipinski definition) is 3. The van der Waals surface area contributed by atoms with Crippen molar-refractivity contribution in [2.75, 3.05) is 38.8 Å². The highest BCUT2D eigenvalue weighted by molar-refractivity contribution is 7.99. The van der Waals surface area contributed by atoms with Crippen LogP contribution in [0.2, 0.25) is 0 Å². The van der Waals surface area contributed by atoms with Gasteiger partial charge in [-0.1, -0.05) is 29.8 Å². The Morgan fingerprint density at radius 1 is 1.10 bits per heavy atom. The van der Waals surface area contributed by atoms with Crippen LogP contribution in [0, 0.1) is 6.92 Å². The number of nitrogens with zero attached hydrogens (tertiary/aromatic N) is 1. The normalized spacial score (nSPS) is 10.8. The van der Waals surface area contributed by atoms with E-state index in [4.69, 9.17) is 4.55 Å². The summed E-state index contributed by atoms with van der Waals surface area (Å²) in [5.74, 6) is 1.05. The Kier molecular flexibility index (Phi) is 10.7. The van der Waals surface area contributed by atoms with Gasteiger partial charge in [-0.2, -0.15) is 8.42 Å². The highest BCUT2D eigenvalue weighted by Crippen LogP contribution is 2.27. The Morgan fingerprint density at radius 3 is 2.28 bits per heavy atom. The predicted molar refractivity (Wildman–Crippen MR) is 119 cm³/mol. The molecule has 0 aliphatic heterocycles. The molecule has 29 heavy (non-hydrogen) atoms. The van der Waals surface area contributed by atoms with Crippen LogP contribution in [-0.2, 0) is 10.1 Å². The van der Waals surface area contributed by atoms with Crippen LogP contribution in [0.15, 0.2) is 58.3 Å². The fourth-order valence-corrected chi connectivity index (χ4v) is 3.58. The van der Waals surface area contributed by atoms with Crippen molar-refractivity contribution in [1.29, 1.82) is 0 Å². The Balaban J connectivity index is 0.000000326. The first-order valence-electron chi connectivity index (χ1n) is 9.03. The average molecular weight is 442 g/mol. The zero-order valence-corrected chi connectivity index (χ0v) is 18.8. The quantitative estimate of drug-likeness (QED) is 0.344. The second-order valence-electron chi connectivity index (χ2n) is 6.49. The van der Waals surface area contributed by atoms with Gasteiger partial charge in [-0.15, -0.1) is 11.8 Å². The summed E-state index contributed by atoms with van der Waals surface area (Å²) in [6.07, 6.45) is 1.13. The minimum Gasteiger partial charge on any atom is -0.341 e. The lowest BCUT2D eigenvalue weighted by molar-refractivity contribution is 0.254. The van der Waals surface area contributed by atoms with Gasteiger partial charge in [0.2, 0.25) is 0 Å².